The molecule has 1 aliphatic carbocycles. The largest absolute Gasteiger partial charge is 4.00 e. The van der Waals surface area contributed by atoms with Gasteiger partial charge in [0.25, 0.3) is 0 Å². The fraction of sp³-hybridized carbons (Fsp3) is 0.261. The quantitative estimate of drug-likeness (QED) is 0.417. The van der Waals surface area contributed by atoms with Crippen molar-refractivity contribution in [3.8, 4) is 5.69 Å². The summed E-state index contributed by atoms with van der Waals surface area (Å²) in [5, 5.41) is 2.62. The van der Waals surface area contributed by atoms with Crippen LogP contribution in [-0.4, -0.2) is 4.57 Å². The SMILES string of the molecule is CCCC1=[C-]CC=C1.Cc1cc(C)n(-c2cc3ccccc3[cH-]2)c1.[Cl-].[Cl-].[Ti+4]. The maximum atomic E-state index is 3.26. The van der Waals surface area contributed by atoms with Gasteiger partial charge in [0.05, 0.1) is 0 Å². The van der Waals surface area contributed by atoms with E-state index in [-0.39, 0.29) is 46.5 Å². The Morgan fingerprint density at radius 2 is 1.85 bits per heavy atom. The molecule has 0 saturated carbocycles. The van der Waals surface area contributed by atoms with E-state index in [4.69, 9.17) is 0 Å². The molecule has 0 radical (unpaired) electrons. The maximum absolute atomic E-state index is 3.26. The number of fused-ring (bicyclic) bond motifs is 1. The summed E-state index contributed by atoms with van der Waals surface area (Å²) >= 11 is 0. The van der Waals surface area contributed by atoms with Crippen LogP contribution in [0.5, 0.6) is 0 Å². The van der Waals surface area contributed by atoms with Gasteiger partial charge in [0.1, 0.15) is 0 Å². The first-order valence-corrected chi connectivity index (χ1v) is 8.75. The van der Waals surface area contributed by atoms with Gasteiger partial charge in [-0.25, -0.2) is 11.6 Å². The molecule has 0 saturated heterocycles. The molecule has 0 N–H and O–H groups in total. The Bertz CT molecular complexity index is 854. The molecular weight excluding hydrogens is 409 g/mol. The Labute approximate surface area is 190 Å². The Hall–Kier alpha value is -1.12. The number of rotatable bonds is 3. The van der Waals surface area contributed by atoms with Gasteiger partial charge in [-0.2, -0.15) is 6.08 Å². The van der Waals surface area contributed by atoms with E-state index in [0.717, 1.165) is 6.42 Å². The van der Waals surface area contributed by atoms with Crippen molar-refractivity contribution in [3.63, 3.8) is 0 Å². The van der Waals surface area contributed by atoms with Crippen LogP contribution in [-0.2, 0) is 21.7 Å². The van der Waals surface area contributed by atoms with E-state index in [1.165, 1.54) is 46.1 Å². The van der Waals surface area contributed by atoms with Crippen LogP contribution in [0.2, 0.25) is 0 Å². The summed E-state index contributed by atoms with van der Waals surface area (Å²) in [5.41, 5.74) is 5.25. The van der Waals surface area contributed by atoms with Crippen LogP contribution in [0.25, 0.3) is 16.5 Å². The van der Waals surface area contributed by atoms with Gasteiger partial charge in [-0.05, 0) is 31.2 Å². The van der Waals surface area contributed by atoms with E-state index in [9.17, 15) is 0 Å². The van der Waals surface area contributed by atoms with Crippen molar-refractivity contribution in [2.24, 2.45) is 0 Å². The minimum Gasteiger partial charge on any atom is -1.00 e. The molecule has 0 amide bonds. The monoisotopic (exact) mass is 433 g/mol. The van der Waals surface area contributed by atoms with Gasteiger partial charge >= 0.3 is 21.7 Å². The minimum absolute atomic E-state index is 0. The first kappa shape index (κ1) is 25.9. The molecule has 0 spiro atoms. The van der Waals surface area contributed by atoms with E-state index in [1.807, 2.05) is 0 Å². The zero-order valence-corrected chi connectivity index (χ0v) is 19.2. The zero-order valence-electron chi connectivity index (χ0n) is 16.1. The number of aryl methyl sites for hydroxylation is 2. The summed E-state index contributed by atoms with van der Waals surface area (Å²) in [6.45, 7) is 6.47. The molecule has 4 heteroatoms. The third-order valence-electron chi connectivity index (χ3n) is 4.32. The summed E-state index contributed by atoms with van der Waals surface area (Å²) in [5.74, 6) is 0. The zero-order chi connectivity index (χ0) is 16.9. The second-order valence-electron chi connectivity index (χ2n) is 6.43. The molecule has 27 heavy (non-hydrogen) atoms. The molecule has 0 fully saturated rings. The molecule has 3 aromatic rings. The summed E-state index contributed by atoms with van der Waals surface area (Å²) in [4.78, 5) is 0. The molecule has 0 aliphatic heterocycles. The molecule has 140 valence electrons. The Balaban J connectivity index is 0.000000535. The molecule has 1 nitrogen and oxygen atoms in total. The van der Waals surface area contributed by atoms with Crippen molar-refractivity contribution in [1.29, 1.82) is 0 Å². The van der Waals surface area contributed by atoms with Crippen molar-refractivity contribution in [2.75, 3.05) is 0 Å². The molecule has 4 rings (SSSR count). The van der Waals surface area contributed by atoms with Crippen LogP contribution in [0, 0.1) is 19.9 Å². The Morgan fingerprint density at radius 1 is 1.11 bits per heavy atom. The number of hydrogen-bond donors (Lipinski definition) is 0. The number of nitrogens with zero attached hydrogens (tertiary/aromatic N) is 1. The van der Waals surface area contributed by atoms with Gasteiger partial charge in [0, 0.05) is 11.9 Å². The molecule has 0 atom stereocenters. The van der Waals surface area contributed by atoms with E-state index in [2.05, 4.69) is 92.2 Å². The molecule has 0 bridgehead atoms. The third kappa shape index (κ3) is 6.77. The number of halogens is 2. The number of aromatic nitrogens is 1. The first-order chi connectivity index (χ1) is 11.7. The van der Waals surface area contributed by atoms with Crippen LogP contribution >= 0.6 is 0 Å². The van der Waals surface area contributed by atoms with Gasteiger partial charge in [-0.3, -0.25) is 6.08 Å². The van der Waals surface area contributed by atoms with E-state index in [1.54, 1.807) is 0 Å². The average molecular weight is 434 g/mol. The van der Waals surface area contributed by atoms with Crippen molar-refractivity contribution < 1.29 is 46.5 Å². The fourth-order valence-corrected chi connectivity index (χ4v) is 3.18. The predicted octanol–water partition coefficient (Wildman–Crippen LogP) is 0.448. The second-order valence-corrected chi connectivity index (χ2v) is 6.43. The van der Waals surface area contributed by atoms with Gasteiger partial charge in [0.2, 0.25) is 0 Å². The fourth-order valence-electron chi connectivity index (χ4n) is 3.18. The molecule has 2 aromatic carbocycles. The number of benzene rings is 1. The average Bonchev–Trinajstić information content (AvgIpc) is 3.27. The standard InChI is InChI=1S/C15H14N.C8H11.2ClH.Ti/c1-11-7-12(2)16(10-11)15-8-13-5-3-4-6-14(13)9-15;1-2-5-8-6-3-4-7-8;;;/h3-10H,1-2H3;3,6H,2,4-5H2,1H3;2*1H;/q2*-1;;;+4/p-2. The number of hydrogen-bond acceptors (Lipinski definition) is 0. The van der Waals surface area contributed by atoms with Crippen molar-refractivity contribution >= 4 is 10.8 Å². The van der Waals surface area contributed by atoms with Crippen molar-refractivity contribution in [2.45, 2.75) is 40.0 Å². The minimum atomic E-state index is 0. The van der Waals surface area contributed by atoms with Crippen LogP contribution in [0.15, 0.2) is 66.4 Å². The van der Waals surface area contributed by atoms with Gasteiger partial charge in [-0.1, -0.05) is 25.8 Å². The Morgan fingerprint density at radius 3 is 2.41 bits per heavy atom. The van der Waals surface area contributed by atoms with E-state index in [0.29, 0.717) is 0 Å². The first-order valence-electron chi connectivity index (χ1n) is 8.75. The summed E-state index contributed by atoms with van der Waals surface area (Å²) < 4.78 is 2.25. The molecular formula is C23H25Cl2NTi. The van der Waals surface area contributed by atoms with Gasteiger partial charge in [-0.15, -0.1) is 47.5 Å². The van der Waals surface area contributed by atoms with Gasteiger partial charge in [0.15, 0.2) is 0 Å². The van der Waals surface area contributed by atoms with E-state index < -0.39 is 0 Å². The Kier molecular flexibility index (Phi) is 11.9. The summed E-state index contributed by atoms with van der Waals surface area (Å²) in [6.07, 6.45) is 13.3. The molecule has 1 aliphatic rings. The second kappa shape index (κ2) is 12.4. The molecule has 1 heterocycles. The summed E-state index contributed by atoms with van der Waals surface area (Å²) in [7, 11) is 0. The third-order valence-corrected chi connectivity index (χ3v) is 4.32. The van der Waals surface area contributed by atoms with Gasteiger partial charge < -0.3 is 29.4 Å². The summed E-state index contributed by atoms with van der Waals surface area (Å²) in [6, 6.07) is 15.2. The molecule has 0 unspecified atom stereocenters. The normalized spacial score (nSPS) is 11.6. The number of allylic oxidation sites excluding steroid dienone is 4. The molecule has 1 aromatic heterocycles. The van der Waals surface area contributed by atoms with Crippen LogP contribution in [0.1, 0.15) is 37.4 Å². The topological polar surface area (TPSA) is 4.93 Å². The van der Waals surface area contributed by atoms with Crippen LogP contribution < -0.4 is 24.8 Å². The van der Waals surface area contributed by atoms with Crippen LogP contribution in [0.4, 0.5) is 0 Å². The van der Waals surface area contributed by atoms with Crippen molar-refractivity contribution in [1.82, 2.24) is 4.57 Å². The predicted molar refractivity (Wildman–Crippen MR) is 104 cm³/mol. The van der Waals surface area contributed by atoms with Crippen molar-refractivity contribution in [3.05, 3.63) is 83.7 Å². The maximum Gasteiger partial charge on any atom is 4.00 e. The smallest absolute Gasteiger partial charge is 1.00 e. The van der Waals surface area contributed by atoms with E-state index >= 15 is 0 Å². The van der Waals surface area contributed by atoms with Crippen LogP contribution in [0.3, 0.4) is 0 Å².